The van der Waals surface area contributed by atoms with Gasteiger partial charge in [-0.1, -0.05) is 37.3 Å². The topological polar surface area (TPSA) is 125 Å². The molecule has 0 saturated heterocycles. The van der Waals surface area contributed by atoms with Crippen LogP contribution < -0.4 is 15.8 Å². The molecule has 45 heavy (non-hydrogen) atoms. The van der Waals surface area contributed by atoms with E-state index in [2.05, 4.69) is 46.5 Å². The Morgan fingerprint density at radius 2 is 1.71 bits per heavy atom. The summed E-state index contributed by atoms with van der Waals surface area (Å²) in [6, 6.07) is 22.0. The van der Waals surface area contributed by atoms with Crippen molar-refractivity contribution in [2.45, 2.75) is 84.1 Å². The fourth-order valence-electron chi connectivity index (χ4n) is 6.60. The number of aromatic amines is 2. The number of carbonyl (C=O) groups is 1. The lowest BCUT2D eigenvalue weighted by Crippen LogP contribution is -2.41. The van der Waals surface area contributed by atoms with Gasteiger partial charge in [-0.15, -0.1) is 0 Å². The fourth-order valence-corrected chi connectivity index (χ4v) is 6.60. The van der Waals surface area contributed by atoms with Gasteiger partial charge in [-0.3, -0.25) is 0 Å². The van der Waals surface area contributed by atoms with Gasteiger partial charge in [0.05, 0.1) is 0 Å². The molecule has 2 aliphatic carbocycles. The molecule has 7 rings (SSSR count). The molecular formula is C37H44N4O4. The van der Waals surface area contributed by atoms with E-state index in [9.17, 15) is 9.90 Å². The van der Waals surface area contributed by atoms with Gasteiger partial charge in [0.2, 0.25) is 0 Å². The number of amides is 1. The van der Waals surface area contributed by atoms with Gasteiger partial charge in [0, 0.05) is 45.3 Å². The van der Waals surface area contributed by atoms with Crippen molar-refractivity contribution in [2.75, 3.05) is 0 Å². The highest BCUT2D eigenvalue weighted by Gasteiger charge is 2.27. The number of carbonyl (C=O) groups excluding carboxylic acids is 1. The van der Waals surface area contributed by atoms with Gasteiger partial charge in [-0.2, -0.15) is 0 Å². The number of nitrogens with two attached hydrogens (primary N) is 1. The molecule has 2 aliphatic rings. The molecule has 0 saturated carbocycles. The van der Waals surface area contributed by atoms with Crippen molar-refractivity contribution in [2.24, 2.45) is 11.7 Å². The van der Waals surface area contributed by atoms with Gasteiger partial charge >= 0.3 is 6.09 Å². The van der Waals surface area contributed by atoms with Crippen molar-refractivity contribution >= 4 is 27.9 Å². The highest BCUT2D eigenvalue weighted by atomic mass is 16.6. The van der Waals surface area contributed by atoms with E-state index in [0.29, 0.717) is 18.3 Å². The van der Waals surface area contributed by atoms with Crippen LogP contribution in [0.5, 0.6) is 11.5 Å². The Bertz CT molecular complexity index is 1800. The lowest BCUT2D eigenvalue weighted by atomic mass is 9.85. The highest BCUT2D eigenvalue weighted by molar-refractivity contribution is 5.87. The van der Waals surface area contributed by atoms with Crippen molar-refractivity contribution < 1.29 is 19.4 Å². The van der Waals surface area contributed by atoms with E-state index in [1.807, 2.05) is 57.2 Å². The summed E-state index contributed by atoms with van der Waals surface area (Å²) in [5, 5.41) is 14.9. The predicted molar refractivity (Wildman–Crippen MR) is 179 cm³/mol. The van der Waals surface area contributed by atoms with E-state index in [1.165, 1.54) is 22.2 Å². The number of hydrogen-bond donors (Lipinski definition) is 5. The number of hydrogen-bond acceptors (Lipinski definition) is 5. The molecule has 3 aromatic carbocycles. The number of aromatic nitrogens is 2. The number of alkyl carbamates (subject to hydrolysis) is 1. The highest BCUT2D eigenvalue weighted by Crippen LogP contribution is 2.37. The zero-order valence-electron chi connectivity index (χ0n) is 26.6. The van der Waals surface area contributed by atoms with E-state index in [-0.39, 0.29) is 18.2 Å². The molecule has 3 unspecified atom stereocenters. The van der Waals surface area contributed by atoms with E-state index >= 15 is 0 Å². The predicted octanol–water partition coefficient (Wildman–Crippen LogP) is 7.58. The van der Waals surface area contributed by atoms with Crippen LogP contribution in [0.1, 0.15) is 74.7 Å². The monoisotopic (exact) mass is 608 g/mol. The molecule has 0 aliphatic heterocycles. The van der Waals surface area contributed by atoms with E-state index in [0.717, 1.165) is 65.5 Å². The van der Waals surface area contributed by atoms with Crippen LogP contribution in [0.4, 0.5) is 4.79 Å². The zero-order valence-corrected chi connectivity index (χ0v) is 26.6. The van der Waals surface area contributed by atoms with E-state index < -0.39 is 5.60 Å². The summed E-state index contributed by atoms with van der Waals surface area (Å²) < 4.78 is 11.4. The maximum atomic E-state index is 12.2. The summed E-state index contributed by atoms with van der Waals surface area (Å²) in [6.07, 6.45) is 4.33. The molecule has 0 bridgehead atoms. The molecule has 0 spiro atoms. The molecule has 6 N–H and O–H groups in total. The van der Waals surface area contributed by atoms with E-state index in [4.69, 9.17) is 15.2 Å². The second-order valence-electron chi connectivity index (χ2n) is 13.5. The Labute approximate surface area is 264 Å². The van der Waals surface area contributed by atoms with Crippen LogP contribution in [0.15, 0.2) is 66.7 Å². The van der Waals surface area contributed by atoms with Crippen molar-refractivity contribution in [3.8, 4) is 11.5 Å². The minimum atomic E-state index is -0.490. The lowest BCUT2D eigenvalue weighted by molar-refractivity contribution is 0.0500. The van der Waals surface area contributed by atoms with Gasteiger partial charge in [0.15, 0.2) is 0 Å². The molecule has 3 atom stereocenters. The first-order valence-electron chi connectivity index (χ1n) is 15.9. The number of rotatable bonds is 4. The minimum absolute atomic E-state index is 0.0743. The van der Waals surface area contributed by atoms with Gasteiger partial charge in [-0.05, 0) is 112 Å². The summed E-state index contributed by atoms with van der Waals surface area (Å²) in [4.78, 5) is 19.1. The molecule has 2 heterocycles. The molecule has 0 fully saturated rings. The summed E-state index contributed by atoms with van der Waals surface area (Å²) in [5.41, 5.74) is 13.9. The zero-order chi connectivity index (χ0) is 31.7. The lowest BCUT2D eigenvalue weighted by Gasteiger charge is -2.26. The summed E-state index contributed by atoms with van der Waals surface area (Å²) in [5.74, 6) is 1.79. The molecular weight excluding hydrogens is 564 g/mol. The van der Waals surface area contributed by atoms with Crippen molar-refractivity contribution in [3.63, 3.8) is 0 Å². The second-order valence-corrected chi connectivity index (χ2v) is 13.5. The maximum absolute atomic E-state index is 12.2. The van der Waals surface area contributed by atoms with Crippen LogP contribution in [0.25, 0.3) is 21.8 Å². The largest absolute Gasteiger partial charge is 0.508 e. The third-order valence-corrected chi connectivity index (χ3v) is 8.63. The molecule has 2 aromatic heterocycles. The van der Waals surface area contributed by atoms with Gasteiger partial charge in [0.1, 0.15) is 23.7 Å². The minimum Gasteiger partial charge on any atom is -0.508 e. The summed E-state index contributed by atoms with van der Waals surface area (Å²) in [7, 11) is 0. The Morgan fingerprint density at radius 3 is 2.49 bits per heavy atom. The molecule has 1 amide bonds. The summed E-state index contributed by atoms with van der Waals surface area (Å²) in [6.45, 7) is 8.40. The quantitative estimate of drug-likeness (QED) is 0.144. The molecule has 5 aromatic rings. The smallest absolute Gasteiger partial charge is 0.407 e. The van der Waals surface area contributed by atoms with E-state index in [1.54, 1.807) is 6.07 Å². The average molecular weight is 609 g/mol. The van der Waals surface area contributed by atoms with Gasteiger partial charge in [-0.25, -0.2) is 4.79 Å². The fraction of sp³-hybridized carbons (Fsp3) is 0.378. The summed E-state index contributed by atoms with van der Waals surface area (Å²) >= 11 is 0. The SMILES string of the molecule is CC(C)(C)OC(=O)NC1CCc2[nH]c3ccc(OCc4ccccc4)cc3c2C1.CC1Cc2c([nH]c3ccc(O)cc23)C(N)C1. The van der Waals surface area contributed by atoms with Crippen LogP contribution in [-0.2, 0) is 30.6 Å². The second kappa shape index (κ2) is 12.5. The van der Waals surface area contributed by atoms with Crippen LogP contribution in [0, 0.1) is 5.92 Å². The number of H-pyrrole nitrogens is 2. The Kier molecular flexibility index (Phi) is 8.51. The Hall–Kier alpha value is -4.43. The Morgan fingerprint density at radius 1 is 0.978 bits per heavy atom. The normalized spacial score (nSPS) is 19.3. The van der Waals surface area contributed by atoms with Crippen LogP contribution in [0.3, 0.4) is 0 Å². The van der Waals surface area contributed by atoms with Crippen LogP contribution >= 0.6 is 0 Å². The third kappa shape index (κ3) is 7.12. The number of benzene rings is 3. The number of ether oxygens (including phenoxy) is 2. The van der Waals surface area contributed by atoms with Crippen LogP contribution in [0.2, 0.25) is 0 Å². The number of phenols is 1. The molecule has 0 radical (unpaired) electrons. The van der Waals surface area contributed by atoms with Gasteiger partial charge < -0.3 is 35.6 Å². The van der Waals surface area contributed by atoms with Crippen LogP contribution in [-0.4, -0.2) is 32.8 Å². The number of aryl methyl sites for hydroxylation is 1. The molecule has 236 valence electrons. The first-order chi connectivity index (χ1) is 21.5. The maximum Gasteiger partial charge on any atom is 0.407 e. The first-order valence-corrected chi connectivity index (χ1v) is 15.9. The number of nitrogens with one attached hydrogen (secondary N) is 3. The standard InChI is InChI=1S/C24H28N2O3.C13H16N2O/c1-24(2,3)29-23(27)25-17-9-11-21-19(13-17)20-14-18(10-12-22(20)26-21)28-15-16-7-5-4-6-8-16;1-7-4-10-9-6-8(16)2-3-12(9)15-13(10)11(14)5-7/h4-8,10,12,14,17,26H,9,11,13,15H2,1-3H3,(H,25,27);2-3,6-7,11,15-16H,4-5,14H2,1H3. The molecule has 8 nitrogen and oxygen atoms in total. The number of phenolic OH excluding ortho intramolecular Hbond substituents is 1. The Balaban J connectivity index is 0.000000187. The third-order valence-electron chi connectivity index (χ3n) is 8.63. The van der Waals surface area contributed by atoms with Crippen molar-refractivity contribution in [3.05, 3.63) is 94.8 Å². The average Bonchev–Trinajstić information content (AvgIpc) is 3.53. The number of aromatic hydroxyl groups is 1. The number of fused-ring (bicyclic) bond motifs is 6. The van der Waals surface area contributed by atoms with Crippen molar-refractivity contribution in [1.29, 1.82) is 0 Å². The van der Waals surface area contributed by atoms with Gasteiger partial charge in [0.25, 0.3) is 0 Å². The molecule has 8 heteroatoms. The first kappa shape index (κ1) is 30.6. The van der Waals surface area contributed by atoms with Crippen molar-refractivity contribution in [1.82, 2.24) is 15.3 Å².